The summed E-state index contributed by atoms with van der Waals surface area (Å²) in [6, 6.07) is 7.12. The number of rotatable bonds is 5. The molecule has 0 fully saturated rings. The molecule has 7 nitrogen and oxygen atoms in total. The Balaban J connectivity index is 1.77. The number of carbonyl (C=O) groups excluding carboxylic acids is 3. The Morgan fingerprint density at radius 1 is 1.18 bits per heavy atom. The van der Waals surface area contributed by atoms with Gasteiger partial charge in [-0.2, -0.15) is 0 Å². The summed E-state index contributed by atoms with van der Waals surface area (Å²) in [4.78, 5) is 36.4. The predicted molar refractivity (Wildman–Crippen MR) is 80.5 cm³/mol. The van der Waals surface area contributed by atoms with Gasteiger partial charge in [0.1, 0.15) is 6.54 Å². The lowest BCUT2D eigenvalue weighted by atomic mass is 10.2. The number of para-hydroxylation sites is 1. The Hall–Kier alpha value is -2.57. The van der Waals surface area contributed by atoms with Crippen molar-refractivity contribution >= 4 is 23.6 Å². The van der Waals surface area contributed by atoms with Gasteiger partial charge < -0.3 is 20.3 Å². The second kappa shape index (κ2) is 7.44. The first kappa shape index (κ1) is 15.8. The van der Waals surface area contributed by atoms with Crippen molar-refractivity contribution in [3.05, 3.63) is 29.8 Å². The number of urea groups is 1. The number of nitrogens with one attached hydrogen (secondary N) is 2. The standard InChI is InChI=1S/C15H19N3O4/c1-2-22-14(20)10-17-15(21)16-9-13(19)18-8-7-11-5-3-4-6-12(11)18/h3-6H,2,7-10H2,1H3,(H2,16,17,21). The van der Waals surface area contributed by atoms with Gasteiger partial charge in [0, 0.05) is 12.2 Å². The van der Waals surface area contributed by atoms with E-state index in [9.17, 15) is 14.4 Å². The van der Waals surface area contributed by atoms with E-state index in [1.54, 1.807) is 11.8 Å². The molecule has 1 aromatic carbocycles. The van der Waals surface area contributed by atoms with Crippen LogP contribution >= 0.6 is 0 Å². The predicted octanol–water partition coefficient (Wildman–Crippen LogP) is 0.438. The molecule has 0 radical (unpaired) electrons. The lowest BCUT2D eigenvalue weighted by molar-refractivity contribution is -0.141. The first-order chi connectivity index (χ1) is 10.6. The highest BCUT2D eigenvalue weighted by Gasteiger charge is 2.24. The topological polar surface area (TPSA) is 87.7 Å². The van der Waals surface area contributed by atoms with Crippen LogP contribution in [-0.2, 0) is 20.7 Å². The normalized spacial score (nSPS) is 12.5. The quantitative estimate of drug-likeness (QED) is 0.773. The minimum Gasteiger partial charge on any atom is -0.465 e. The van der Waals surface area contributed by atoms with Crippen LogP contribution in [0.2, 0.25) is 0 Å². The fourth-order valence-corrected chi connectivity index (χ4v) is 2.28. The summed E-state index contributed by atoms with van der Waals surface area (Å²) in [5, 5.41) is 4.78. The van der Waals surface area contributed by atoms with Crippen LogP contribution < -0.4 is 15.5 Å². The highest BCUT2D eigenvalue weighted by atomic mass is 16.5. The number of amides is 3. The molecule has 1 aromatic rings. The Labute approximate surface area is 128 Å². The fourth-order valence-electron chi connectivity index (χ4n) is 2.28. The van der Waals surface area contributed by atoms with Gasteiger partial charge in [-0.05, 0) is 25.0 Å². The molecule has 0 bridgehead atoms. The number of benzene rings is 1. The molecule has 0 saturated carbocycles. The molecule has 3 amide bonds. The average molecular weight is 305 g/mol. The number of esters is 1. The molecular formula is C15H19N3O4. The number of nitrogens with zero attached hydrogens (tertiary/aromatic N) is 1. The maximum atomic E-state index is 12.1. The van der Waals surface area contributed by atoms with E-state index >= 15 is 0 Å². The number of ether oxygens (including phenoxy) is 1. The van der Waals surface area contributed by atoms with Gasteiger partial charge in [0.15, 0.2) is 0 Å². The molecule has 0 aliphatic carbocycles. The van der Waals surface area contributed by atoms with Crippen LogP contribution in [-0.4, -0.2) is 44.1 Å². The monoisotopic (exact) mass is 305 g/mol. The van der Waals surface area contributed by atoms with E-state index in [0.29, 0.717) is 6.54 Å². The van der Waals surface area contributed by atoms with Crippen molar-refractivity contribution < 1.29 is 19.1 Å². The molecule has 0 spiro atoms. The van der Waals surface area contributed by atoms with Crippen molar-refractivity contribution in [1.82, 2.24) is 10.6 Å². The van der Waals surface area contributed by atoms with Gasteiger partial charge in [0.2, 0.25) is 5.91 Å². The Morgan fingerprint density at radius 2 is 1.91 bits per heavy atom. The summed E-state index contributed by atoms with van der Waals surface area (Å²) in [5.41, 5.74) is 2.02. The first-order valence-corrected chi connectivity index (χ1v) is 7.17. The SMILES string of the molecule is CCOC(=O)CNC(=O)NCC(=O)N1CCc2ccccc21. The molecular weight excluding hydrogens is 286 g/mol. The van der Waals surface area contributed by atoms with Crippen LogP contribution in [0, 0.1) is 0 Å². The van der Waals surface area contributed by atoms with Gasteiger partial charge in [-0.15, -0.1) is 0 Å². The third kappa shape index (κ3) is 3.97. The Bertz CT molecular complexity index is 574. The zero-order valence-corrected chi connectivity index (χ0v) is 12.4. The Morgan fingerprint density at radius 3 is 2.68 bits per heavy atom. The maximum absolute atomic E-state index is 12.1. The third-order valence-corrected chi connectivity index (χ3v) is 3.29. The van der Waals surface area contributed by atoms with Crippen LogP contribution in [0.1, 0.15) is 12.5 Å². The first-order valence-electron chi connectivity index (χ1n) is 7.17. The van der Waals surface area contributed by atoms with Crippen LogP contribution in [0.25, 0.3) is 0 Å². The third-order valence-electron chi connectivity index (χ3n) is 3.29. The number of fused-ring (bicyclic) bond motifs is 1. The van der Waals surface area contributed by atoms with Gasteiger partial charge in [-0.1, -0.05) is 18.2 Å². The molecule has 0 unspecified atom stereocenters. The lowest BCUT2D eigenvalue weighted by Gasteiger charge is -2.17. The number of carbonyl (C=O) groups is 3. The maximum Gasteiger partial charge on any atom is 0.325 e. The number of anilines is 1. The van der Waals surface area contributed by atoms with Crippen LogP contribution in [0.5, 0.6) is 0 Å². The summed E-state index contributed by atoms with van der Waals surface area (Å²) < 4.78 is 4.68. The van der Waals surface area contributed by atoms with E-state index in [1.165, 1.54) is 0 Å². The van der Waals surface area contributed by atoms with Crippen LogP contribution in [0.4, 0.5) is 10.5 Å². The van der Waals surface area contributed by atoms with Gasteiger partial charge in [-0.3, -0.25) is 9.59 Å². The highest BCUT2D eigenvalue weighted by Crippen LogP contribution is 2.27. The van der Waals surface area contributed by atoms with Crippen molar-refractivity contribution in [2.75, 3.05) is 31.1 Å². The van der Waals surface area contributed by atoms with Gasteiger partial charge in [0.05, 0.1) is 13.2 Å². The van der Waals surface area contributed by atoms with Gasteiger partial charge >= 0.3 is 12.0 Å². The molecule has 7 heteroatoms. The zero-order chi connectivity index (χ0) is 15.9. The van der Waals surface area contributed by atoms with Gasteiger partial charge in [0.25, 0.3) is 0 Å². The summed E-state index contributed by atoms with van der Waals surface area (Å²) in [6.45, 7) is 2.22. The summed E-state index contributed by atoms with van der Waals surface area (Å²) in [7, 11) is 0. The molecule has 2 rings (SSSR count). The average Bonchev–Trinajstić information content (AvgIpc) is 2.95. The van der Waals surface area contributed by atoms with Gasteiger partial charge in [-0.25, -0.2) is 4.79 Å². The van der Waals surface area contributed by atoms with E-state index in [-0.39, 0.29) is 25.6 Å². The van der Waals surface area contributed by atoms with Crippen molar-refractivity contribution in [2.45, 2.75) is 13.3 Å². The Kier molecular flexibility index (Phi) is 5.35. The largest absolute Gasteiger partial charge is 0.465 e. The van der Waals surface area contributed by atoms with E-state index < -0.39 is 12.0 Å². The molecule has 0 aromatic heterocycles. The number of hydrogen-bond donors (Lipinski definition) is 2. The summed E-state index contributed by atoms with van der Waals surface area (Å²) in [6.07, 6.45) is 0.816. The molecule has 1 aliphatic rings. The van der Waals surface area contributed by atoms with E-state index in [0.717, 1.165) is 17.7 Å². The molecule has 0 atom stereocenters. The molecule has 22 heavy (non-hydrogen) atoms. The van der Waals surface area contributed by atoms with Crippen molar-refractivity contribution in [3.8, 4) is 0 Å². The summed E-state index contributed by atoms with van der Waals surface area (Å²) in [5.74, 6) is -0.700. The number of hydrogen-bond acceptors (Lipinski definition) is 4. The molecule has 2 N–H and O–H groups in total. The minimum atomic E-state index is -0.575. The fraction of sp³-hybridized carbons (Fsp3) is 0.400. The summed E-state index contributed by atoms with van der Waals surface area (Å²) >= 11 is 0. The van der Waals surface area contributed by atoms with Crippen molar-refractivity contribution in [1.29, 1.82) is 0 Å². The zero-order valence-electron chi connectivity index (χ0n) is 12.4. The second-order valence-corrected chi connectivity index (χ2v) is 4.77. The molecule has 1 heterocycles. The lowest BCUT2D eigenvalue weighted by Crippen LogP contribution is -2.44. The van der Waals surface area contributed by atoms with E-state index in [4.69, 9.17) is 0 Å². The van der Waals surface area contributed by atoms with E-state index in [2.05, 4.69) is 15.4 Å². The molecule has 0 saturated heterocycles. The van der Waals surface area contributed by atoms with E-state index in [1.807, 2.05) is 24.3 Å². The van der Waals surface area contributed by atoms with Crippen LogP contribution in [0.15, 0.2) is 24.3 Å². The molecule has 1 aliphatic heterocycles. The second-order valence-electron chi connectivity index (χ2n) is 4.77. The van der Waals surface area contributed by atoms with Crippen LogP contribution in [0.3, 0.4) is 0 Å². The minimum absolute atomic E-state index is 0.122. The highest BCUT2D eigenvalue weighted by molar-refractivity contribution is 5.98. The smallest absolute Gasteiger partial charge is 0.325 e. The van der Waals surface area contributed by atoms with Crippen molar-refractivity contribution in [2.24, 2.45) is 0 Å². The van der Waals surface area contributed by atoms with Crippen molar-refractivity contribution in [3.63, 3.8) is 0 Å². The molecule has 118 valence electrons.